The molecule has 0 aliphatic rings. The number of nitrogens with one attached hydrogen (secondary N) is 2. The van der Waals surface area contributed by atoms with E-state index in [1.807, 2.05) is 36.7 Å². The molecule has 0 saturated carbocycles. The molecule has 0 amide bonds. The Hall–Kier alpha value is -2.54. The van der Waals surface area contributed by atoms with E-state index in [1.54, 1.807) is 20.4 Å². The lowest BCUT2D eigenvalue weighted by Crippen LogP contribution is -2.38. The quantitative estimate of drug-likeness (QED) is 0.411. The molecule has 0 atom stereocenters. The Morgan fingerprint density at radius 2 is 2.04 bits per heavy atom. The number of ether oxygens (including phenoxy) is 2. The molecule has 0 aromatic carbocycles. The van der Waals surface area contributed by atoms with Gasteiger partial charge in [-0.25, -0.2) is 4.98 Å². The Bertz CT molecular complexity index is 613. The van der Waals surface area contributed by atoms with E-state index in [1.165, 1.54) is 0 Å². The van der Waals surface area contributed by atoms with Crippen molar-refractivity contribution in [3.8, 4) is 5.88 Å². The van der Waals surface area contributed by atoms with E-state index in [4.69, 9.17) is 9.47 Å². The zero-order valence-corrected chi connectivity index (χ0v) is 14.2. The van der Waals surface area contributed by atoms with Gasteiger partial charge in [-0.15, -0.1) is 0 Å². The second-order valence-electron chi connectivity index (χ2n) is 5.08. The van der Waals surface area contributed by atoms with Crippen LogP contribution in [0, 0.1) is 0 Å². The van der Waals surface area contributed by atoms with Gasteiger partial charge in [0, 0.05) is 57.9 Å². The van der Waals surface area contributed by atoms with Gasteiger partial charge in [0.05, 0.1) is 6.61 Å². The molecule has 0 unspecified atom stereocenters. The van der Waals surface area contributed by atoms with Crippen molar-refractivity contribution in [3.63, 3.8) is 0 Å². The van der Waals surface area contributed by atoms with Crippen molar-refractivity contribution in [3.05, 3.63) is 48.4 Å². The molecular weight excluding hydrogens is 306 g/mol. The van der Waals surface area contributed by atoms with Crippen LogP contribution in [0.1, 0.15) is 5.56 Å². The Labute approximate surface area is 142 Å². The first-order valence-corrected chi connectivity index (χ1v) is 7.94. The minimum absolute atomic E-state index is 0.477. The zero-order chi connectivity index (χ0) is 17.0. The Morgan fingerprint density at radius 1 is 1.21 bits per heavy atom. The second-order valence-corrected chi connectivity index (χ2v) is 5.08. The average Bonchev–Trinajstić information content (AvgIpc) is 3.12. The van der Waals surface area contributed by atoms with Gasteiger partial charge >= 0.3 is 0 Å². The highest BCUT2D eigenvalue weighted by molar-refractivity contribution is 5.79. The minimum Gasteiger partial charge on any atom is -0.475 e. The molecule has 0 aliphatic heterocycles. The van der Waals surface area contributed by atoms with Crippen LogP contribution in [0.25, 0.3) is 0 Å². The standard InChI is InChI=1S/C17H25N5O2/c1-18-17(20-8-11-22-9-3-4-10-22)21-14-15-6-5-7-19-16(15)24-13-12-23-2/h3-7,9-10H,8,11-14H2,1-2H3,(H2,18,20,21). The van der Waals surface area contributed by atoms with E-state index < -0.39 is 0 Å². The van der Waals surface area contributed by atoms with Crippen molar-refractivity contribution >= 4 is 5.96 Å². The van der Waals surface area contributed by atoms with Gasteiger partial charge in [0.1, 0.15) is 6.61 Å². The molecule has 24 heavy (non-hydrogen) atoms. The fourth-order valence-corrected chi connectivity index (χ4v) is 2.13. The van der Waals surface area contributed by atoms with Gasteiger partial charge in [-0.1, -0.05) is 6.07 Å². The van der Waals surface area contributed by atoms with Gasteiger partial charge in [0.2, 0.25) is 5.88 Å². The number of hydrogen-bond donors (Lipinski definition) is 2. The van der Waals surface area contributed by atoms with Gasteiger partial charge in [-0.05, 0) is 18.2 Å². The fraction of sp³-hybridized carbons (Fsp3) is 0.412. The smallest absolute Gasteiger partial charge is 0.218 e. The van der Waals surface area contributed by atoms with Crippen LogP contribution in [0.5, 0.6) is 5.88 Å². The van der Waals surface area contributed by atoms with Crippen LogP contribution >= 0.6 is 0 Å². The molecule has 0 radical (unpaired) electrons. The van der Waals surface area contributed by atoms with Crippen LogP contribution in [-0.4, -0.2) is 49.4 Å². The lowest BCUT2D eigenvalue weighted by atomic mass is 10.2. The molecular formula is C17H25N5O2. The number of rotatable bonds is 9. The number of nitrogens with zero attached hydrogens (tertiary/aromatic N) is 3. The van der Waals surface area contributed by atoms with Crippen molar-refractivity contribution in [2.24, 2.45) is 4.99 Å². The number of aromatic nitrogens is 2. The molecule has 2 N–H and O–H groups in total. The van der Waals surface area contributed by atoms with Gasteiger partial charge in [-0.3, -0.25) is 4.99 Å². The summed E-state index contributed by atoms with van der Waals surface area (Å²) >= 11 is 0. The molecule has 0 aliphatic carbocycles. The average molecular weight is 331 g/mol. The molecule has 0 spiro atoms. The maximum atomic E-state index is 5.63. The van der Waals surface area contributed by atoms with Crippen LogP contribution in [0.4, 0.5) is 0 Å². The molecule has 7 heteroatoms. The first kappa shape index (κ1) is 17.8. The summed E-state index contributed by atoms with van der Waals surface area (Å²) in [6.45, 7) is 3.26. The molecule has 0 saturated heterocycles. The Morgan fingerprint density at radius 3 is 2.79 bits per heavy atom. The third-order valence-electron chi connectivity index (χ3n) is 3.37. The van der Waals surface area contributed by atoms with E-state index in [0.29, 0.717) is 25.6 Å². The molecule has 0 bridgehead atoms. The van der Waals surface area contributed by atoms with E-state index in [-0.39, 0.29) is 0 Å². The predicted octanol–water partition coefficient (Wildman–Crippen LogP) is 1.27. The summed E-state index contributed by atoms with van der Waals surface area (Å²) in [7, 11) is 3.40. The summed E-state index contributed by atoms with van der Waals surface area (Å²) in [6.07, 6.45) is 5.80. The zero-order valence-electron chi connectivity index (χ0n) is 14.2. The Balaban J connectivity index is 1.79. The highest BCUT2D eigenvalue weighted by atomic mass is 16.5. The lowest BCUT2D eigenvalue weighted by molar-refractivity contribution is 0.143. The van der Waals surface area contributed by atoms with Gasteiger partial charge in [0.15, 0.2) is 5.96 Å². The monoisotopic (exact) mass is 331 g/mol. The first-order valence-electron chi connectivity index (χ1n) is 7.94. The van der Waals surface area contributed by atoms with Gasteiger partial charge in [0.25, 0.3) is 0 Å². The summed E-state index contributed by atoms with van der Waals surface area (Å²) in [6, 6.07) is 7.90. The highest BCUT2D eigenvalue weighted by Gasteiger charge is 2.06. The summed E-state index contributed by atoms with van der Waals surface area (Å²) in [5, 5.41) is 6.56. The van der Waals surface area contributed by atoms with Crippen molar-refractivity contribution in [2.45, 2.75) is 13.1 Å². The van der Waals surface area contributed by atoms with Crippen LogP contribution in [-0.2, 0) is 17.8 Å². The fourth-order valence-electron chi connectivity index (χ4n) is 2.13. The number of aliphatic imine (C=N–C) groups is 1. The molecule has 7 nitrogen and oxygen atoms in total. The van der Waals surface area contributed by atoms with E-state index in [9.17, 15) is 0 Å². The lowest BCUT2D eigenvalue weighted by Gasteiger charge is -2.14. The number of pyridine rings is 1. The summed E-state index contributed by atoms with van der Waals surface area (Å²) < 4.78 is 12.7. The molecule has 2 rings (SSSR count). The van der Waals surface area contributed by atoms with E-state index in [2.05, 4.69) is 25.2 Å². The van der Waals surface area contributed by atoms with Crippen LogP contribution in [0.2, 0.25) is 0 Å². The van der Waals surface area contributed by atoms with Crippen LogP contribution in [0.3, 0.4) is 0 Å². The number of hydrogen-bond acceptors (Lipinski definition) is 4. The Kier molecular flexibility index (Phi) is 7.62. The molecule has 130 valence electrons. The first-order chi connectivity index (χ1) is 11.8. The topological polar surface area (TPSA) is 72.7 Å². The molecule has 2 aromatic rings. The van der Waals surface area contributed by atoms with E-state index >= 15 is 0 Å². The summed E-state index contributed by atoms with van der Waals surface area (Å²) in [5.41, 5.74) is 0.974. The molecule has 2 aromatic heterocycles. The third kappa shape index (κ3) is 5.92. The van der Waals surface area contributed by atoms with Crippen molar-refractivity contribution in [1.29, 1.82) is 0 Å². The largest absolute Gasteiger partial charge is 0.475 e. The molecule has 0 fully saturated rings. The van der Waals surface area contributed by atoms with Crippen LogP contribution < -0.4 is 15.4 Å². The predicted molar refractivity (Wildman–Crippen MR) is 94.2 cm³/mol. The second kappa shape index (κ2) is 10.3. The highest BCUT2D eigenvalue weighted by Crippen LogP contribution is 2.13. The maximum Gasteiger partial charge on any atom is 0.218 e. The summed E-state index contributed by atoms with van der Waals surface area (Å²) in [5.74, 6) is 1.36. The number of guanidine groups is 1. The molecule has 2 heterocycles. The normalized spacial score (nSPS) is 11.3. The maximum absolute atomic E-state index is 5.63. The minimum atomic E-state index is 0.477. The van der Waals surface area contributed by atoms with Gasteiger partial charge in [-0.2, -0.15) is 0 Å². The van der Waals surface area contributed by atoms with Crippen LogP contribution in [0.15, 0.2) is 47.8 Å². The third-order valence-corrected chi connectivity index (χ3v) is 3.37. The van der Waals surface area contributed by atoms with Crippen molar-refractivity contribution in [2.75, 3.05) is 33.9 Å². The number of methoxy groups -OCH3 is 1. The van der Waals surface area contributed by atoms with Gasteiger partial charge < -0.3 is 24.7 Å². The van der Waals surface area contributed by atoms with Crippen molar-refractivity contribution in [1.82, 2.24) is 20.2 Å². The summed E-state index contributed by atoms with van der Waals surface area (Å²) in [4.78, 5) is 8.50. The van der Waals surface area contributed by atoms with Crippen molar-refractivity contribution < 1.29 is 9.47 Å². The van der Waals surface area contributed by atoms with E-state index in [0.717, 1.165) is 24.6 Å². The SMILES string of the molecule is CN=C(NCCn1cccc1)NCc1cccnc1OCCOC.